The molecule has 1 aliphatic rings. The minimum absolute atomic E-state index is 0.542. The number of hydrogen-bond acceptors (Lipinski definition) is 2. The Balaban J connectivity index is 2.45. The standard InChI is InChI=1S/C12H11BrO2/c1-12(2)14-8-10-9(6-7-13)4-3-5-11(10)15-12/h3-5H,8H2,1-2H3. The quantitative estimate of drug-likeness (QED) is 0.673. The minimum atomic E-state index is -0.548. The van der Waals surface area contributed by atoms with E-state index < -0.39 is 5.79 Å². The third-order valence-corrected chi connectivity index (χ3v) is 2.43. The van der Waals surface area contributed by atoms with Crippen molar-refractivity contribution in [3.05, 3.63) is 29.3 Å². The van der Waals surface area contributed by atoms with Gasteiger partial charge >= 0.3 is 0 Å². The maximum atomic E-state index is 5.70. The summed E-state index contributed by atoms with van der Waals surface area (Å²) in [7, 11) is 0. The van der Waals surface area contributed by atoms with Crippen LogP contribution in [0.15, 0.2) is 18.2 Å². The van der Waals surface area contributed by atoms with Crippen LogP contribution in [0.4, 0.5) is 0 Å². The van der Waals surface area contributed by atoms with E-state index in [4.69, 9.17) is 9.47 Å². The van der Waals surface area contributed by atoms with Gasteiger partial charge in [-0.05, 0) is 17.0 Å². The summed E-state index contributed by atoms with van der Waals surface area (Å²) < 4.78 is 11.3. The molecule has 1 aromatic carbocycles. The number of benzene rings is 1. The van der Waals surface area contributed by atoms with Crippen LogP contribution in [0.5, 0.6) is 5.75 Å². The third-order valence-electron chi connectivity index (χ3n) is 2.23. The van der Waals surface area contributed by atoms with Crippen molar-refractivity contribution in [3.63, 3.8) is 0 Å². The van der Waals surface area contributed by atoms with Crippen molar-refractivity contribution < 1.29 is 9.47 Å². The number of hydrogen-bond donors (Lipinski definition) is 0. The molecule has 0 spiro atoms. The number of halogens is 1. The fraction of sp³-hybridized carbons (Fsp3) is 0.333. The van der Waals surface area contributed by atoms with Crippen molar-refractivity contribution in [1.29, 1.82) is 0 Å². The molecule has 0 radical (unpaired) electrons. The molecule has 1 aliphatic heterocycles. The molecule has 2 rings (SSSR count). The zero-order valence-corrected chi connectivity index (χ0v) is 10.2. The fourth-order valence-electron chi connectivity index (χ4n) is 1.52. The van der Waals surface area contributed by atoms with Gasteiger partial charge in [0.2, 0.25) is 5.79 Å². The van der Waals surface area contributed by atoms with E-state index in [1.807, 2.05) is 32.0 Å². The fourth-order valence-corrected chi connectivity index (χ4v) is 1.73. The molecule has 78 valence electrons. The molecule has 2 nitrogen and oxygen atoms in total. The molecule has 0 unspecified atom stereocenters. The van der Waals surface area contributed by atoms with E-state index in [1.165, 1.54) is 0 Å². The Labute approximate surface area is 97.7 Å². The van der Waals surface area contributed by atoms with Crippen LogP contribution in [-0.4, -0.2) is 5.79 Å². The number of rotatable bonds is 0. The van der Waals surface area contributed by atoms with Crippen LogP contribution in [-0.2, 0) is 11.3 Å². The van der Waals surface area contributed by atoms with Gasteiger partial charge in [-0.25, -0.2) is 0 Å². The van der Waals surface area contributed by atoms with Crippen LogP contribution < -0.4 is 4.74 Å². The zero-order valence-electron chi connectivity index (χ0n) is 8.63. The van der Waals surface area contributed by atoms with E-state index in [-0.39, 0.29) is 0 Å². The maximum Gasteiger partial charge on any atom is 0.205 e. The lowest BCUT2D eigenvalue weighted by atomic mass is 10.1. The third kappa shape index (κ3) is 2.17. The summed E-state index contributed by atoms with van der Waals surface area (Å²) in [5.74, 6) is 3.28. The summed E-state index contributed by atoms with van der Waals surface area (Å²) >= 11 is 3.09. The highest BCUT2D eigenvalue weighted by Crippen LogP contribution is 2.32. The molecular weight excluding hydrogens is 256 g/mol. The average Bonchev–Trinajstić information content (AvgIpc) is 2.16. The van der Waals surface area contributed by atoms with Crippen LogP contribution in [0.2, 0.25) is 0 Å². The van der Waals surface area contributed by atoms with E-state index in [0.29, 0.717) is 6.61 Å². The van der Waals surface area contributed by atoms with E-state index in [0.717, 1.165) is 16.9 Å². The zero-order chi connectivity index (χ0) is 10.9. The molecule has 0 saturated heterocycles. The van der Waals surface area contributed by atoms with Gasteiger partial charge in [0.15, 0.2) is 0 Å². The van der Waals surface area contributed by atoms with Gasteiger partial charge in [0.1, 0.15) is 5.75 Å². The summed E-state index contributed by atoms with van der Waals surface area (Å²) in [5.41, 5.74) is 1.96. The Hall–Kier alpha value is -0.980. The van der Waals surface area contributed by atoms with Crippen molar-refractivity contribution >= 4 is 15.9 Å². The molecule has 0 bridgehead atoms. The number of ether oxygens (including phenoxy) is 2. The van der Waals surface area contributed by atoms with Crippen molar-refractivity contribution in [3.8, 4) is 16.5 Å². The molecule has 3 heteroatoms. The average molecular weight is 267 g/mol. The minimum Gasteiger partial charge on any atom is -0.463 e. The van der Waals surface area contributed by atoms with E-state index in [9.17, 15) is 0 Å². The summed E-state index contributed by atoms with van der Waals surface area (Å²) in [6.45, 7) is 4.34. The van der Waals surface area contributed by atoms with Crippen LogP contribution in [0.25, 0.3) is 0 Å². The van der Waals surface area contributed by atoms with Gasteiger partial charge in [0.25, 0.3) is 0 Å². The lowest BCUT2D eigenvalue weighted by Crippen LogP contribution is -2.35. The second-order valence-electron chi connectivity index (χ2n) is 3.79. The van der Waals surface area contributed by atoms with Crippen molar-refractivity contribution in [1.82, 2.24) is 0 Å². The molecule has 0 aromatic heterocycles. The smallest absolute Gasteiger partial charge is 0.205 e. The summed E-state index contributed by atoms with van der Waals surface area (Å²) in [6.07, 6.45) is 0. The van der Waals surface area contributed by atoms with Crippen molar-refractivity contribution in [2.45, 2.75) is 26.2 Å². The Morgan fingerprint density at radius 1 is 1.40 bits per heavy atom. The van der Waals surface area contributed by atoms with Gasteiger partial charge in [-0.1, -0.05) is 12.0 Å². The predicted octanol–water partition coefficient (Wildman–Crippen LogP) is 3.04. The highest BCUT2D eigenvalue weighted by molar-refractivity contribution is 9.12. The van der Waals surface area contributed by atoms with Crippen LogP contribution in [0.3, 0.4) is 0 Å². The summed E-state index contributed by atoms with van der Waals surface area (Å²) in [6, 6.07) is 5.84. The van der Waals surface area contributed by atoms with Crippen molar-refractivity contribution in [2.75, 3.05) is 0 Å². The Bertz CT molecular complexity index is 441. The Kier molecular flexibility index (Phi) is 2.72. The molecule has 0 atom stereocenters. The normalized spacial score (nSPS) is 17.0. The molecule has 0 N–H and O–H groups in total. The van der Waals surface area contributed by atoms with Crippen LogP contribution >= 0.6 is 15.9 Å². The highest BCUT2D eigenvalue weighted by atomic mass is 79.9. The first-order valence-electron chi connectivity index (χ1n) is 4.69. The molecule has 1 heterocycles. The van der Waals surface area contributed by atoms with Crippen LogP contribution in [0.1, 0.15) is 25.0 Å². The number of fused-ring (bicyclic) bond motifs is 1. The van der Waals surface area contributed by atoms with Gasteiger partial charge < -0.3 is 9.47 Å². The predicted molar refractivity (Wildman–Crippen MR) is 61.7 cm³/mol. The van der Waals surface area contributed by atoms with Crippen LogP contribution in [0, 0.1) is 10.8 Å². The maximum absolute atomic E-state index is 5.70. The lowest BCUT2D eigenvalue weighted by molar-refractivity contribution is -0.180. The first-order chi connectivity index (χ1) is 7.12. The first kappa shape index (κ1) is 10.5. The topological polar surface area (TPSA) is 18.5 Å². The second-order valence-corrected chi connectivity index (χ2v) is 4.19. The van der Waals surface area contributed by atoms with Gasteiger partial charge in [0.05, 0.1) is 6.61 Å². The van der Waals surface area contributed by atoms with E-state index >= 15 is 0 Å². The largest absolute Gasteiger partial charge is 0.463 e. The second kappa shape index (κ2) is 3.88. The van der Waals surface area contributed by atoms with Gasteiger partial charge in [-0.15, -0.1) is 0 Å². The Morgan fingerprint density at radius 2 is 2.20 bits per heavy atom. The van der Waals surface area contributed by atoms with Gasteiger partial charge in [-0.3, -0.25) is 0 Å². The van der Waals surface area contributed by atoms with E-state index in [2.05, 4.69) is 26.7 Å². The lowest BCUT2D eigenvalue weighted by Gasteiger charge is -2.32. The SMILES string of the molecule is CC1(C)OCc2c(C#CBr)cccc2O1. The monoisotopic (exact) mass is 266 g/mol. The van der Waals surface area contributed by atoms with Gasteiger partial charge in [0, 0.05) is 40.9 Å². The van der Waals surface area contributed by atoms with Gasteiger partial charge in [-0.2, -0.15) is 0 Å². The van der Waals surface area contributed by atoms with Crippen molar-refractivity contribution in [2.24, 2.45) is 0 Å². The highest BCUT2D eigenvalue weighted by Gasteiger charge is 2.28. The Morgan fingerprint density at radius 3 is 2.93 bits per heavy atom. The molecule has 0 saturated carbocycles. The molecule has 15 heavy (non-hydrogen) atoms. The first-order valence-corrected chi connectivity index (χ1v) is 5.48. The molecule has 0 aliphatic carbocycles. The molecule has 0 fully saturated rings. The summed E-state index contributed by atoms with van der Waals surface area (Å²) in [4.78, 5) is 2.71. The van der Waals surface area contributed by atoms with E-state index in [1.54, 1.807) is 0 Å². The molecular formula is C12H11BrO2. The summed E-state index contributed by atoms with van der Waals surface area (Å²) in [5, 5.41) is 0. The molecule has 1 aromatic rings. The molecule has 0 amide bonds.